The van der Waals surface area contributed by atoms with Gasteiger partial charge in [0.2, 0.25) is 0 Å². The maximum absolute atomic E-state index is 5.96. The molecule has 0 aliphatic carbocycles. The summed E-state index contributed by atoms with van der Waals surface area (Å²) in [6, 6.07) is 20.1. The smallest absolute Gasteiger partial charge is 0.181 e. The maximum atomic E-state index is 5.96. The number of rotatable bonds is 6. The Morgan fingerprint density at radius 2 is 1.92 bits per heavy atom. The lowest BCUT2D eigenvalue weighted by molar-refractivity contribution is 0.729. The van der Waals surface area contributed by atoms with Crippen molar-refractivity contribution in [2.45, 2.75) is 5.92 Å². The van der Waals surface area contributed by atoms with Gasteiger partial charge in [0.15, 0.2) is 5.65 Å². The van der Waals surface area contributed by atoms with E-state index in [2.05, 4.69) is 32.6 Å². The summed E-state index contributed by atoms with van der Waals surface area (Å²) in [7, 11) is 0. The van der Waals surface area contributed by atoms with Gasteiger partial charge in [-0.1, -0.05) is 36.4 Å². The minimum atomic E-state index is 0. The molecule has 0 bridgehead atoms. The number of hydrogen-bond acceptors (Lipinski definition) is 5. The van der Waals surface area contributed by atoms with Crippen LogP contribution in [0.25, 0.3) is 22.4 Å². The van der Waals surface area contributed by atoms with Crippen molar-refractivity contribution >= 4 is 16.9 Å². The van der Waals surface area contributed by atoms with Crippen molar-refractivity contribution in [3.63, 3.8) is 0 Å². The molecule has 3 heterocycles. The molecule has 26 heavy (non-hydrogen) atoms. The number of pyridine rings is 2. The van der Waals surface area contributed by atoms with Gasteiger partial charge >= 0.3 is 0 Å². The molecule has 4 aromatic rings. The zero-order chi connectivity index (χ0) is 17.8. The van der Waals surface area contributed by atoms with Gasteiger partial charge in [-0.15, -0.1) is 0 Å². The zero-order valence-electron chi connectivity index (χ0n) is 14.3. The first-order valence-electron chi connectivity index (χ1n) is 8.60. The van der Waals surface area contributed by atoms with Crippen molar-refractivity contribution in [3.8, 4) is 11.4 Å². The number of hydrogen-bond donors (Lipinski definition) is 3. The van der Waals surface area contributed by atoms with Crippen LogP contribution in [0.3, 0.4) is 0 Å². The Balaban J connectivity index is 0.00000210. The highest BCUT2D eigenvalue weighted by Gasteiger charge is 2.12. The average molecular weight is 352 g/mol. The predicted molar refractivity (Wildman–Crippen MR) is 112 cm³/mol. The van der Waals surface area contributed by atoms with E-state index in [-0.39, 0.29) is 11.6 Å². The van der Waals surface area contributed by atoms with E-state index in [1.165, 1.54) is 5.56 Å². The Bertz CT molecular complexity index is 1010. The number of aromatic nitrogens is 4. The number of nitrogens with one attached hydrogen (secondary N) is 2. The molecule has 6 heteroatoms. The van der Waals surface area contributed by atoms with Crippen LogP contribution in [0.2, 0.25) is 0 Å². The van der Waals surface area contributed by atoms with Crippen molar-refractivity contribution in [3.05, 3.63) is 72.4 Å². The number of benzene rings is 1. The fraction of sp³-hybridized carbons (Fsp3) is 0.150. The monoisotopic (exact) mass is 352 g/mol. The molecule has 1 aromatic carbocycles. The minimum Gasteiger partial charge on any atom is -0.369 e. The second-order valence-electron chi connectivity index (χ2n) is 6.11. The van der Waals surface area contributed by atoms with Gasteiger partial charge < -0.3 is 11.1 Å². The highest BCUT2D eigenvalue weighted by Crippen LogP contribution is 2.24. The topological polar surface area (TPSA) is 92.5 Å². The third-order valence-corrected chi connectivity index (χ3v) is 4.42. The second-order valence-corrected chi connectivity index (χ2v) is 6.11. The standard InChI is InChI=1S/C20H20N6.4H2/c21-12-15(14-6-2-1-3-7-14)13-23-18-10-4-9-17(24-18)19-16-8-5-11-22-20(16)26-25-19;;;;/h1-11,15H,12-13,21H2,(H,23,24)(H,22,25,26);4*1H. The average Bonchev–Trinajstić information content (AvgIpc) is 3.14. The van der Waals surface area contributed by atoms with Crippen molar-refractivity contribution in [2.75, 3.05) is 18.4 Å². The van der Waals surface area contributed by atoms with Crippen LogP contribution >= 0.6 is 0 Å². The van der Waals surface area contributed by atoms with Gasteiger partial charge in [-0.05, 0) is 29.8 Å². The first-order chi connectivity index (χ1) is 12.8. The quantitative estimate of drug-likeness (QED) is 0.484. The molecular formula is C20H28N6. The van der Waals surface area contributed by atoms with E-state index < -0.39 is 0 Å². The van der Waals surface area contributed by atoms with Crippen LogP contribution in [0.15, 0.2) is 66.9 Å². The molecule has 1 unspecified atom stereocenters. The Morgan fingerprint density at radius 3 is 2.77 bits per heavy atom. The molecule has 0 aliphatic rings. The molecule has 4 rings (SSSR count). The number of nitrogens with zero attached hydrogens (tertiary/aromatic N) is 3. The van der Waals surface area contributed by atoms with Crippen molar-refractivity contribution in [1.82, 2.24) is 20.2 Å². The molecule has 1 atom stereocenters. The summed E-state index contributed by atoms with van der Waals surface area (Å²) in [6.07, 6.45) is 1.73. The predicted octanol–water partition coefficient (Wildman–Crippen LogP) is 4.16. The summed E-state index contributed by atoms with van der Waals surface area (Å²) < 4.78 is 0. The van der Waals surface area contributed by atoms with Crippen LogP contribution in [0.5, 0.6) is 0 Å². The third kappa shape index (κ3) is 3.27. The maximum Gasteiger partial charge on any atom is 0.181 e. The molecule has 138 valence electrons. The summed E-state index contributed by atoms with van der Waals surface area (Å²) in [6.45, 7) is 1.30. The van der Waals surface area contributed by atoms with E-state index in [9.17, 15) is 0 Å². The summed E-state index contributed by atoms with van der Waals surface area (Å²) >= 11 is 0. The van der Waals surface area contributed by atoms with E-state index in [1.54, 1.807) is 6.20 Å². The lowest BCUT2D eigenvalue weighted by Gasteiger charge is -2.16. The molecule has 0 saturated carbocycles. The molecule has 0 aliphatic heterocycles. The lowest BCUT2D eigenvalue weighted by atomic mass is 9.99. The van der Waals surface area contributed by atoms with Crippen LogP contribution in [-0.4, -0.2) is 33.3 Å². The van der Waals surface area contributed by atoms with Crippen LogP contribution in [-0.2, 0) is 0 Å². The Hall–Kier alpha value is -3.25. The van der Waals surface area contributed by atoms with Gasteiger partial charge in [0.05, 0.1) is 11.4 Å². The van der Waals surface area contributed by atoms with Crippen LogP contribution < -0.4 is 11.1 Å². The normalized spacial score (nSPS) is 12.2. The van der Waals surface area contributed by atoms with E-state index in [0.717, 1.165) is 29.1 Å². The first-order valence-corrected chi connectivity index (χ1v) is 8.60. The summed E-state index contributed by atoms with van der Waals surface area (Å²) in [4.78, 5) is 8.97. The van der Waals surface area contributed by atoms with Crippen LogP contribution in [0.1, 0.15) is 17.2 Å². The Morgan fingerprint density at radius 1 is 1.04 bits per heavy atom. The molecule has 3 aromatic heterocycles. The Kier molecular flexibility index (Phi) is 4.57. The van der Waals surface area contributed by atoms with E-state index in [0.29, 0.717) is 12.2 Å². The van der Waals surface area contributed by atoms with Gasteiger partial charge in [-0.3, -0.25) is 5.10 Å². The fourth-order valence-electron chi connectivity index (χ4n) is 3.01. The Labute approximate surface area is 157 Å². The van der Waals surface area contributed by atoms with Gasteiger partial charge in [0.25, 0.3) is 0 Å². The molecule has 0 spiro atoms. The largest absolute Gasteiger partial charge is 0.369 e. The van der Waals surface area contributed by atoms with Gasteiger partial charge in [-0.25, -0.2) is 9.97 Å². The highest BCUT2D eigenvalue weighted by molar-refractivity contribution is 5.89. The summed E-state index contributed by atoms with van der Waals surface area (Å²) in [5.74, 6) is 1.04. The number of H-pyrrole nitrogens is 1. The van der Waals surface area contributed by atoms with E-state index >= 15 is 0 Å². The number of fused-ring (bicyclic) bond motifs is 1. The second kappa shape index (κ2) is 7.33. The molecular weight excluding hydrogens is 324 g/mol. The molecule has 4 N–H and O–H groups in total. The fourth-order valence-corrected chi connectivity index (χ4v) is 3.01. The van der Waals surface area contributed by atoms with Crippen molar-refractivity contribution in [1.29, 1.82) is 0 Å². The molecule has 0 saturated heterocycles. The molecule has 6 nitrogen and oxygen atoms in total. The SMILES string of the molecule is NCC(CNc1cccc(-c2[nH]nc3ncccc23)n1)c1ccccc1.[HH].[HH].[HH].[HH]. The summed E-state index contributed by atoms with van der Waals surface area (Å²) in [5.41, 5.74) is 9.57. The first kappa shape index (κ1) is 16.2. The van der Waals surface area contributed by atoms with E-state index in [4.69, 9.17) is 10.7 Å². The van der Waals surface area contributed by atoms with Crippen molar-refractivity contribution < 1.29 is 5.71 Å². The molecule has 0 fully saturated rings. The lowest BCUT2D eigenvalue weighted by Crippen LogP contribution is -2.21. The number of nitrogens with two attached hydrogens (primary N) is 1. The zero-order valence-corrected chi connectivity index (χ0v) is 14.3. The van der Waals surface area contributed by atoms with Gasteiger partial charge in [0, 0.05) is 36.3 Å². The van der Waals surface area contributed by atoms with Gasteiger partial charge in [0.1, 0.15) is 5.82 Å². The summed E-state index contributed by atoms with van der Waals surface area (Å²) in [5, 5.41) is 11.6. The van der Waals surface area contributed by atoms with Crippen LogP contribution in [0.4, 0.5) is 5.82 Å². The third-order valence-electron chi connectivity index (χ3n) is 4.42. The highest BCUT2D eigenvalue weighted by atomic mass is 15.2. The van der Waals surface area contributed by atoms with E-state index in [1.807, 2.05) is 48.5 Å². The minimum absolute atomic E-state index is 0. The van der Waals surface area contributed by atoms with Crippen molar-refractivity contribution in [2.24, 2.45) is 5.73 Å². The number of anilines is 1. The molecule has 0 radical (unpaired) electrons. The van der Waals surface area contributed by atoms with Gasteiger partial charge in [-0.2, -0.15) is 5.10 Å². The van der Waals surface area contributed by atoms with Crippen LogP contribution in [0, 0.1) is 0 Å². The number of aromatic amines is 1. The molecule has 0 amide bonds.